The maximum absolute atomic E-state index is 12.4. The summed E-state index contributed by atoms with van der Waals surface area (Å²) < 4.78 is 28.2. The number of halogens is 1. The molecule has 1 aliphatic carbocycles. The van der Waals surface area contributed by atoms with E-state index in [9.17, 15) is 8.42 Å². The molecule has 4 nitrogen and oxygen atoms in total. The van der Waals surface area contributed by atoms with Crippen LogP contribution in [0.3, 0.4) is 0 Å². The fourth-order valence-corrected chi connectivity index (χ4v) is 4.50. The molecule has 0 aromatic heterocycles. The van der Waals surface area contributed by atoms with Crippen LogP contribution >= 0.6 is 15.9 Å². The maximum atomic E-state index is 12.4. The zero-order valence-corrected chi connectivity index (χ0v) is 13.5. The van der Waals surface area contributed by atoms with Gasteiger partial charge in [-0.3, -0.25) is 0 Å². The summed E-state index contributed by atoms with van der Waals surface area (Å²) in [6, 6.07) is 4.86. The minimum atomic E-state index is -3.55. The summed E-state index contributed by atoms with van der Waals surface area (Å²) in [6.45, 7) is 4.32. The largest absolute Gasteiger partial charge is 0.398 e. The number of anilines is 1. The van der Waals surface area contributed by atoms with E-state index in [0.29, 0.717) is 4.47 Å². The van der Waals surface area contributed by atoms with Gasteiger partial charge in [-0.25, -0.2) is 13.1 Å². The first-order valence-corrected chi connectivity index (χ1v) is 8.55. The average molecular weight is 347 g/mol. The van der Waals surface area contributed by atoms with E-state index in [1.165, 1.54) is 6.07 Å². The van der Waals surface area contributed by atoms with Crippen molar-refractivity contribution >= 4 is 31.6 Å². The van der Waals surface area contributed by atoms with E-state index in [0.717, 1.165) is 19.3 Å². The van der Waals surface area contributed by atoms with Crippen LogP contribution in [0, 0.1) is 5.41 Å². The first-order valence-electron chi connectivity index (χ1n) is 6.27. The van der Waals surface area contributed by atoms with Crippen LogP contribution in [0.2, 0.25) is 0 Å². The van der Waals surface area contributed by atoms with Gasteiger partial charge in [-0.15, -0.1) is 0 Å². The van der Waals surface area contributed by atoms with Crippen molar-refractivity contribution in [1.82, 2.24) is 4.72 Å². The number of hydrogen-bond acceptors (Lipinski definition) is 3. The van der Waals surface area contributed by atoms with Crippen molar-refractivity contribution < 1.29 is 8.42 Å². The Balaban J connectivity index is 2.22. The summed E-state index contributed by atoms with van der Waals surface area (Å²) in [5, 5.41) is 0. The van der Waals surface area contributed by atoms with Crippen LogP contribution in [0.15, 0.2) is 27.6 Å². The van der Waals surface area contributed by atoms with Crippen molar-refractivity contribution in [3.05, 3.63) is 22.7 Å². The van der Waals surface area contributed by atoms with E-state index in [-0.39, 0.29) is 22.0 Å². The highest BCUT2D eigenvalue weighted by Crippen LogP contribution is 2.37. The Morgan fingerprint density at radius 1 is 1.42 bits per heavy atom. The highest BCUT2D eigenvalue weighted by molar-refractivity contribution is 9.10. The van der Waals surface area contributed by atoms with Gasteiger partial charge in [0.25, 0.3) is 0 Å². The van der Waals surface area contributed by atoms with Crippen molar-refractivity contribution in [1.29, 1.82) is 0 Å². The van der Waals surface area contributed by atoms with Crippen molar-refractivity contribution in [3.63, 3.8) is 0 Å². The van der Waals surface area contributed by atoms with E-state index < -0.39 is 10.0 Å². The number of hydrogen-bond donors (Lipinski definition) is 2. The Labute approximate surface area is 122 Å². The molecule has 3 N–H and O–H groups in total. The topological polar surface area (TPSA) is 72.2 Å². The molecule has 1 aromatic rings. The third kappa shape index (κ3) is 3.49. The van der Waals surface area contributed by atoms with Crippen LogP contribution in [0.25, 0.3) is 0 Å². The van der Waals surface area contributed by atoms with Gasteiger partial charge in [-0.1, -0.05) is 29.8 Å². The number of nitrogens with two attached hydrogens (primary N) is 1. The lowest BCUT2D eigenvalue weighted by atomic mass is 9.92. The fourth-order valence-electron chi connectivity index (χ4n) is 2.56. The lowest BCUT2D eigenvalue weighted by Gasteiger charge is -2.18. The van der Waals surface area contributed by atoms with E-state index >= 15 is 0 Å². The van der Waals surface area contributed by atoms with Gasteiger partial charge in [0, 0.05) is 10.5 Å². The minimum absolute atomic E-state index is 0.00150. The molecule has 0 spiro atoms. The van der Waals surface area contributed by atoms with Crippen LogP contribution in [-0.4, -0.2) is 14.5 Å². The molecule has 1 aliphatic rings. The summed E-state index contributed by atoms with van der Waals surface area (Å²) >= 11 is 3.27. The van der Waals surface area contributed by atoms with Gasteiger partial charge >= 0.3 is 0 Å². The number of benzene rings is 1. The average Bonchev–Trinajstić information content (AvgIpc) is 2.60. The molecule has 1 aromatic carbocycles. The third-order valence-corrected chi connectivity index (χ3v) is 5.62. The van der Waals surface area contributed by atoms with Gasteiger partial charge in [-0.2, -0.15) is 0 Å². The second-order valence-electron chi connectivity index (χ2n) is 5.91. The van der Waals surface area contributed by atoms with Crippen LogP contribution in [0.4, 0.5) is 5.69 Å². The van der Waals surface area contributed by atoms with Gasteiger partial charge in [0.15, 0.2) is 0 Å². The smallest absolute Gasteiger partial charge is 0.242 e. The molecule has 0 bridgehead atoms. The Morgan fingerprint density at radius 3 is 2.68 bits per heavy atom. The molecule has 1 atom stereocenters. The monoisotopic (exact) mass is 346 g/mol. The van der Waals surface area contributed by atoms with Crippen LogP contribution < -0.4 is 10.5 Å². The Bertz CT molecular complexity index is 584. The SMILES string of the molecule is CC1(C)CCC(NS(=O)(=O)c2cc(Br)ccc2N)C1. The number of nitrogen functional groups attached to an aromatic ring is 1. The minimum Gasteiger partial charge on any atom is -0.398 e. The second kappa shape index (κ2) is 5.07. The van der Waals surface area contributed by atoms with Gasteiger partial charge in [-0.05, 0) is 42.9 Å². The Kier molecular flexibility index (Phi) is 3.95. The van der Waals surface area contributed by atoms with Gasteiger partial charge in [0.2, 0.25) is 10.0 Å². The number of sulfonamides is 1. The molecule has 1 unspecified atom stereocenters. The van der Waals surface area contributed by atoms with Crippen LogP contribution in [-0.2, 0) is 10.0 Å². The predicted molar refractivity (Wildman–Crippen MR) is 80.3 cm³/mol. The molecule has 0 radical (unpaired) electrons. The molecule has 0 aliphatic heterocycles. The molecule has 6 heteroatoms. The number of rotatable bonds is 3. The number of nitrogens with one attached hydrogen (secondary N) is 1. The highest BCUT2D eigenvalue weighted by Gasteiger charge is 2.33. The summed E-state index contributed by atoms with van der Waals surface area (Å²) in [4.78, 5) is 0.145. The predicted octanol–water partition coefficient (Wildman–Crippen LogP) is 2.89. The van der Waals surface area contributed by atoms with Gasteiger partial charge < -0.3 is 5.73 Å². The van der Waals surface area contributed by atoms with E-state index in [4.69, 9.17) is 5.73 Å². The zero-order valence-electron chi connectivity index (χ0n) is 11.1. The standard InChI is InChI=1S/C13H19BrN2O2S/c1-13(2)6-5-10(8-13)16-19(17,18)12-7-9(14)3-4-11(12)15/h3-4,7,10,16H,5-6,8,15H2,1-2H3. The maximum Gasteiger partial charge on any atom is 0.242 e. The van der Waals surface area contributed by atoms with Crippen molar-refractivity contribution in [2.45, 2.75) is 44.0 Å². The molecule has 0 amide bonds. The molecule has 19 heavy (non-hydrogen) atoms. The first-order chi connectivity index (χ1) is 8.70. The summed E-state index contributed by atoms with van der Waals surface area (Å²) in [7, 11) is -3.55. The van der Waals surface area contributed by atoms with E-state index in [2.05, 4.69) is 34.5 Å². The second-order valence-corrected chi connectivity index (χ2v) is 8.51. The third-order valence-electron chi connectivity index (χ3n) is 3.56. The molecular formula is C13H19BrN2O2S. The van der Waals surface area contributed by atoms with E-state index in [1.54, 1.807) is 12.1 Å². The molecular weight excluding hydrogens is 328 g/mol. The molecule has 1 fully saturated rings. The quantitative estimate of drug-likeness (QED) is 0.826. The first kappa shape index (κ1) is 14.8. The lowest BCUT2D eigenvalue weighted by Crippen LogP contribution is -2.34. The Morgan fingerprint density at radius 2 is 2.11 bits per heavy atom. The molecule has 0 heterocycles. The molecule has 106 valence electrons. The van der Waals surface area contributed by atoms with Crippen molar-refractivity contribution in [3.8, 4) is 0 Å². The summed E-state index contributed by atoms with van der Waals surface area (Å²) in [6.07, 6.45) is 2.77. The Hall–Kier alpha value is -0.590. The fraction of sp³-hybridized carbons (Fsp3) is 0.538. The molecule has 0 saturated heterocycles. The van der Waals surface area contributed by atoms with Crippen LogP contribution in [0.1, 0.15) is 33.1 Å². The normalized spacial score (nSPS) is 22.6. The summed E-state index contributed by atoms with van der Waals surface area (Å²) in [5.41, 5.74) is 6.24. The molecule has 2 rings (SSSR count). The van der Waals surface area contributed by atoms with Crippen LogP contribution in [0.5, 0.6) is 0 Å². The van der Waals surface area contributed by atoms with E-state index in [1.807, 2.05) is 0 Å². The zero-order chi connectivity index (χ0) is 14.3. The van der Waals surface area contributed by atoms with Crippen molar-refractivity contribution in [2.75, 3.05) is 5.73 Å². The van der Waals surface area contributed by atoms with Gasteiger partial charge in [0.05, 0.1) is 5.69 Å². The summed E-state index contributed by atoms with van der Waals surface area (Å²) in [5.74, 6) is 0. The lowest BCUT2D eigenvalue weighted by molar-refractivity contribution is 0.372. The van der Waals surface area contributed by atoms with Gasteiger partial charge in [0.1, 0.15) is 4.90 Å². The van der Waals surface area contributed by atoms with Crippen molar-refractivity contribution in [2.24, 2.45) is 5.41 Å². The molecule has 1 saturated carbocycles. The highest BCUT2D eigenvalue weighted by atomic mass is 79.9.